The molecular weight excluding hydrogens is 797 g/mol. The van der Waals surface area contributed by atoms with E-state index in [1.54, 1.807) is 12.4 Å². The third kappa shape index (κ3) is 7.13. The van der Waals surface area contributed by atoms with Crippen LogP contribution < -0.4 is 10.6 Å². The second-order valence-corrected chi connectivity index (χ2v) is 16.3. The maximum Gasteiger partial charge on any atom is 0.166 e. The fraction of sp³-hybridized carbons (Fsp3) is 0.0638. The van der Waals surface area contributed by atoms with Crippen molar-refractivity contribution in [1.82, 2.24) is 55.3 Å². The molecule has 290 valence electrons. The number of hydrogen-bond donors (Lipinski definition) is 0. The Morgan fingerprint density at radius 1 is 0.410 bits per heavy atom. The summed E-state index contributed by atoms with van der Waals surface area (Å²) in [6.07, 6.45) is 5.79. The monoisotopic (exact) mass is 826 g/mol. The molecule has 0 amide bonds. The first kappa shape index (κ1) is 36.4. The largest absolute Gasteiger partial charge is 0.273 e. The summed E-state index contributed by atoms with van der Waals surface area (Å²) in [5, 5.41) is 24.2. The molecule has 1 aromatic carbocycles. The number of fused-ring (bicyclic) bond motifs is 3. The number of benzene rings is 1. The van der Waals surface area contributed by atoms with Gasteiger partial charge in [0.05, 0.1) is 56.4 Å². The molecule has 0 saturated heterocycles. The lowest BCUT2D eigenvalue weighted by Crippen LogP contribution is -2.32. The smallest absolute Gasteiger partial charge is 0.166 e. The Balaban J connectivity index is 0.837. The first-order valence-corrected chi connectivity index (χ1v) is 21.1. The molecule has 61 heavy (non-hydrogen) atoms. The minimum Gasteiger partial charge on any atom is -0.273 e. The van der Waals surface area contributed by atoms with Crippen LogP contribution in [0.2, 0.25) is 0 Å². The predicted octanol–water partition coefficient (Wildman–Crippen LogP) is 8.77. The molecule has 0 aliphatic carbocycles. The van der Waals surface area contributed by atoms with Crippen molar-refractivity contribution in [3.05, 3.63) is 161 Å². The molecule has 12 nitrogen and oxygen atoms in total. The highest BCUT2D eigenvalue weighted by molar-refractivity contribution is 7.17. The van der Waals surface area contributed by atoms with E-state index >= 15 is 0 Å². The van der Waals surface area contributed by atoms with Crippen molar-refractivity contribution in [1.29, 1.82) is 0 Å². The molecule has 0 N–H and O–H groups in total. The highest BCUT2D eigenvalue weighted by Gasteiger charge is 2.25. The second kappa shape index (κ2) is 15.5. The van der Waals surface area contributed by atoms with E-state index in [1.807, 2.05) is 127 Å². The summed E-state index contributed by atoms with van der Waals surface area (Å²) in [6.45, 7) is 2.16. The van der Waals surface area contributed by atoms with E-state index in [0.717, 1.165) is 88.4 Å². The fourth-order valence-electron chi connectivity index (χ4n) is 7.27. The number of rotatable bonds is 8. The quantitative estimate of drug-likeness (QED) is 0.144. The highest BCUT2D eigenvalue weighted by Crippen LogP contribution is 2.35. The molecule has 10 aromatic rings. The molecular formula is C47H30N12S2. The number of hydrogen-bond acceptors (Lipinski definition) is 14. The third-order valence-electron chi connectivity index (χ3n) is 10.2. The molecule has 1 aliphatic heterocycles. The fourth-order valence-corrected chi connectivity index (χ4v) is 9.02. The van der Waals surface area contributed by atoms with Gasteiger partial charge >= 0.3 is 0 Å². The van der Waals surface area contributed by atoms with Crippen LogP contribution >= 0.6 is 22.7 Å². The average molecular weight is 827 g/mol. The van der Waals surface area contributed by atoms with Gasteiger partial charge in [-0.15, -0.1) is 20.4 Å². The first-order chi connectivity index (χ1) is 30.1. The normalized spacial score (nSPS) is 14.6. The lowest BCUT2D eigenvalue weighted by atomic mass is 9.97. The number of aromatic nitrogens is 11. The molecule has 2 atom stereocenters. The van der Waals surface area contributed by atoms with Gasteiger partial charge in [0.2, 0.25) is 0 Å². The van der Waals surface area contributed by atoms with E-state index in [4.69, 9.17) is 29.9 Å². The van der Waals surface area contributed by atoms with E-state index in [0.29, 0.717) is 15.7 Å². The zero-order chi connectivity index (χ0) is 40.7. The SMILES string of the molecule is CC1C=c2c(ccc3nc(-c4nnc(-c5cccc(-c6cccc(-c7ccccn7)n6)n5)s4)ccc23)=NC1c1nnc(-c2cccc(-c3cccc(-c4ccccn4)n3)n2)s1. The van der Waals surface area contributed by atoms with E-state index in [1.165, 1.54) is 22.7 Å². The topological polar surface area (TPSA) is 154 Å². The number of pyridine rings is 7. The Labute approximate surface area is 356 Å². The maximum absolute atomic E-state index is 5.20. The van der Waals surface area contributed by atoms with Gasteiger partial charge in [0.15, 0.2) is 15.0 Å². The predicted molar refractivity (Wildman–Crippen MR) is 237 cm³/mol. The molecule has 14 heteroatoms. The van der Waals surface area contributed by atoms with Crippen molar-refractivity contribution in [3.8, 4) is 77.7 Å². The Morgan fingerprint density at radius 2 is 0.885 bits per heavy atom. The van der Waals surface area contributed by atoms with Gasteiger partial charge in [-0.1, -0.05) is 72.1 Å². The van der Waals surface area contributed by atoms with Crippen LogP contribution in [0.5, 0.6) is 0 Å². The van der Waals surface area contributed by atoms with Crippen molar-refractivity contribution in [2.24, 2.45) is 10.9 Å². The van der Waals surface area contributed by atoms with Crippen molar-refractivity contribution in [3.63, 3.8) is 0 Å². The van der Waals surface area contributed by atoms with Crippen molar-refractivity contribution < 1.29 is 0 Å². The summed E-state index contributed by atoms with van der Waals surface area (Å²) in [7, 11) is 0. The van der Waals surface area contributed by atoms with Gasteiger partial charge in [-0.2, -0.15) is 0 Å². The summed E-state index contributed by atoms with van der Waals surface area (Å²) in [6, 6.07) is 43.0. The minimum absolute atomic E-state index is 0.0677. The summed E-state index contributed by atoms with van der Waals surface area (Å²) in [4.78, 5) is 38.6. The van der Waals surface area contributed by atoms with Crippen LogP contribution in [-0.4, -0.2) is 55.3 Å². The Bertz CT molecular complexity index is 3370. The summed E-state index contributed by atoms with van der Waals surface area (Å²) >= 11 is 2.97. The zero-order valence-corrected chi connectivity index (χ0v) is 33.9. The van der Waals surface area contributed by atoms with Gasteiger partial charge in [-0.05, 0) is 97.1 Å². The standard InChI is InChI=1S/C47H30N12S2/c1-27-26-29-28-20-21-42(46-57-56-44(60-46)40-18-8-16-38(53-40)36-14-6-12-34(51-36)32-10-2-4-24-48-32)50-30(28)22-23-31(29)55-43(27)47-59-58-45(61-47)41-19-9-17-39(54-41)37-15-7-13-35(52-37)33-11-3-5-25-49-33/h2-27,43H,1H3. The van der Waals surface area contributed by atoms with Crippen molar-refractivity contribution >= 4 is 39.7 Å². The van der Waals surface area contributed by atoms with Crippen LogP contribution in [0.4, 0.5) is 0 Å². The molecule has 0 saturated carbocycles. The molecule has 1 aliphatic rings. The molecule has 0 bridgehead atoms. The molecule has 10 heterocycles. The first-order valence-electron chi connectivity index (χ1n) is 19.5. The molecule has 11 rings (SSSR count). The zero-order valence-electron chi connectivity index (χ0n) is 32.3. The van der Waals surface area contributed by atoms with Gasteiger partial charge in [0.25, 0.3) is 0 Å². The van der Waals surface area contributed by atoms with Gasteiger partial charge in [-0.25, -0.2) is 24.9 Å². The van der Waals surface area contributed by atoms with Crippen LogP contribution in [0, 0.1) is 5.92 Å². The lowest BCUT2D eigenvalue weighted by molar-refractivity contribution is 0.564. The molecule has 2 unspecified atom stereocenters. The van der Waals surface area contributed by atoms with Crippen LogP contribution in [-0.2, 0) is 0 Å². The minimum atomic E-state index is -0.184. The lowest BCUT2D eigenvalue weighted by Gasteiger charge is -2.18. The van der Waals surface area contributed by atoms with Gasteiger partial charge in [0.1, 0.15) is 28.1 Å². The van der Waals surface area contributed by atoms with Gasteiger partial charge < -0.3 is 0 Å². The Hall–Kier alpha value is -7.68. The summed E-state index contributed by atoms with van der Waals surface area (Å²) in [5.74, 6) is 0.0677. The summed E-state index contributed by atoms with van der Waals surface area (Å²) in [5.41, 5.74) is 9.24. The Morgan fingerprint density at radius 3 is 1.44 bits per heavy atom. The van der Waals surface area contributed by atoms with E-state index in [-0.39, 0.29) is 12.0 Å². The molecule has 0 spiro atoms. The third-order valence-corrected chi connectivity index (χ3v) is 12.2. The maximum atomic E-state index is 5.20. The van der Waals surface area contributed by atoms with E-state index in [9.17, 15) is 0 Å². The van der Waals surface area contributed by atoms with Gasteiger partial charge in [0, 0.05) is 28.9 Å². The molecule has 0 fully saturated rings. The van der Waals surface area contributed by atoms with E-state index in [2.05, 4.69) is 49.4 Å². The molecule has 9 aromatic heterocycles. The van der Waals surface area contributed by atoms with E-state index < -0.39 is 0 Å². The van der Waals surface area contributed by atoms with Crippen LogP contribution in [0.1, 0.15) is 18.0 Å². The molecule has 0 radical (unpaired) electrons. The Kier molecular flexibility index (Phi) is 9.24. The van der Waals surface area contributed by atoms with Crippen molar-refractivity contribution in [2.75, 3.05) is 0 Å². The van der Waals surface area contributed by atoms with Crippen molar-refractivity contribution in [2.45, 2.75) is 13.0 Å². The summed E-state index contributed by atoms with van der Waals surface area (Å²) < 4.78 is 0. The van der Waals surface area contributed by atoms with Crippen LogP contribution in [0.25, 0.3) is 94.6 Å². The van der Waals surface area contributed by atoms with Crippen LogP contribution in [0.15, 0.2) is 151 Å². The van der Waals surface area contributed by atoms with Crippen LogP contribution in [0.3, 0.4) is 0 Å². The highest BCUT2D eigenvalue weighted by atomic mass is 32.1. The van der Waals surface area contributed by atoms with Gasteiger partial charge in [-0.3, -0.25) is 15.0 Å². The number of nitrogens with zero attached hydrogens (tertiary/aromatic N) is 12. The average Bonchev–Trinajstić information content (AvgIpc) is 4.04. The second-order valence-electron chi connectivity index (χ2n) is 14.3.